The van der Waals surface area contributed by atoms with E-state index >= 15 is 0 Å². The van der Waals surface area contributed by atoms with Crippen LogP contribution in [0, 0.1) is 17.2 Å². The molecular formula is C24H42F3N5O3. The Balaban J connectivity index is 1.59. The predicted octanol–water partition coefficient (Wildman–Crippen LogP) is 3.65. The number of nitrogens with zero attached hydrogens (tertiary/aromatic N) is 3. The third-order valence-corrected chi connectivity index (χ3v) is 7.96. The van der Waals surface area contributed by atoms with Crippen LogP contribution < -0.4 is 5.73 Å². The Morgan fingerprint density at radius 1 is 1.11 bits per heavy atom. The quantitative estimate of drug-likeness (QED) is 0.313. The maximum absolute atomic E-state index is 13.7. The number of methoxy groups -OCH3 is 1. The van der Waals surface area contributed by atoms with Crippen molar-refractivity contribution >= 4 is 11.9 Å². The van der Waals surface area contributed by atoms with E-state index in [4.69, 9.17) is 15.9 Å². The summed E-state index contributed by atoms with van der Waals surface area (Å²) in [6.45, 7) is 6.98. The molecule has 3 unspecified atom stereocenters. The van der Waals surface area contributed by atoms with Gasteiger partial charge in [0.15, 0.2) is 5.90 Å². The summed E-state index contributed by atoms with van der Waals surface area (Å²) in [7, 11) is 1.73. The highest BCUT2D eigenvalue weighted by Crippen LogP contribution is 2.34. The zero-order valence-corrected chi connectivity index (χ0v) is 21.1. The number of rotatable bonds is 7. The van der Waals surface area contributed by atoms with E-state index in [0.29, 0.717) is 19.4 Å². The molecule has 0 bridgehead atoms. The van der Waals surface area contributed by atoms with Crippen LogP contribution in [0.15, 0.2) is 0 Å². The molecule has 0 aromatic rings. The number of urea groups is 1. The summed E-state index contributed by atoms with van der Waals surface area (Å²) in [5.74, 6) is -0.497. The van der Waals surface area contributed by atoms with Gasteiger partial charge in [0, 0.05) is 51.8 Å². The molecule has 2 aliphatic carbocycles. The van der Waals surface area contributed by atoms with Crippen LogP contribution >= 0.6 is 0 Å². The largest absolute Gasteiger partial charge is 0.453 e. The van der Waals surface area contributed by atoms with Gasteiger partial charge < -0.3 is 24.2 Å². The van der Waals surface area contributed by atoms with Gasteiger partial charge >= 0.3 is 12.2 Å². The van der Waals surface area contributed by atoms with Gasteiger partial charge in [-0.15, -0.1) is 0 Å². The lowest BCUT2D eigenvalue weighted by molar-refractivity contribution is -0.198. The van der Waals surface area contributed by atoms with Crippen molar-refractivity contribution in [3.63, 3.8) is 0 Å². The van der Waals surface area contributed by atoms with Crippen molar-refractivity contribution in [1.29, 1.82) is 5.41 Å². The van der Waals surface area contributed by atoms with Gasteiger partial charge in [-0.05, 0) is 63.8 Å². The van der Waals surface area contributed by atoms with Crippen molar-refractivity contribution in [3.05, 3.63) is 0 Å². The van der Waals surface area contributed by atoms with E-state index in [1.165, 1.54) is 0 Å². The van der Waals surface area contributed by atoms with Crippen LogP contribution in [0.3, 0.4) is 0 Å². The maximum Gasteiger partial charge on any atom is 0.439 e. The lowest BCUT2D eigenvalue weighted by Gasteiger charge is -2.44. The fraction of sp³-hybridized carbons (Fsp3) is 0.917. The summed E-state index contributed by atoms with van der Waals surface area (Å²) >= 11 is 0. The van der Waals surface area contributed by atoms with E-state index in [9.17, 15) is 18.0 Å². The third-order valence-electron chi connectivity index (χ3n) is 7.96. The second-order valence-electron chi connectivity index (χ2n) is 10.2. The molecule has 3 rings (SSSR count). The Morgan fingerprint density at radius 3 is 2.34 bits per heavy atom. The average Bonchev–Trinajstić information content (AvgIpc) is 2.86. The Labute approximate surface area is 206 Å². The van der Waals surface area contributed by atoms with Gasteiger partial charge in [0.2, 0.25) is 6.23 Å². The number of halogens is 3. The third kappa shape index (κ3) is 7.69. The molecule has 35 heavy (non-hydrogen) atoms. The molecule has 0 aromatic heterocycles. The summed E-state index contributed by atoms with van der Waals surface area (Å²) in [5.41, 5.74) is 5.03. The molecule has 11 heteroatoms. The number of carbonyl (C=O) groups is 1. The molecule has 202 valence electrons. The smallest absolute Gasteiger partial charge is 0.439 e. The molecule has 0 aromatic carbocycles. The van der Waals surface area contributed by atoms with E-state index < -0.39 is 12.4 Å². The first-order valence-corrected chi connectivity index (χ1v) is 13.0. The topological polar surface area (TPSA) is 95.1 Å². The fourth-order valence-corrected chi connectivity index (χ4v) is 5.62. The second-order valence-corrected chi connectivity index (χ2v) is 10.2. The number of ether oxygens (including phenoxy) is 2. The molecule has 8 nitrogen and oxygen atoms in total. The lowest BCUT2D eigenvalue weighted by atomic mass is 9.81. The van der Waals surface area contributed by atoms with Crippen LogP contribution in [0.25, 0.3) is 0 Å². The lowest BCUT2D eigenvalue weighted by Crippen LogP contribution is -2.56. The number of carbonyl (C=O) groups excluding carboxylic acids is 1. The van der Waals surface area contributed by atoms with Gasteiger partial charge in [0.25, 0.3) is 0 Å². The molecule has 3 N–H and O–H groups in total. The van der Waals surface area contributed by atoms with Crippen LogP contribution in [-0.2, 0) is 9.47 Å². The van der Waals surface area contributed by atoms with Crippen molar-refractivity contribution in [2.45, 2.75) is 82.8 Å². The Bertz CT molecular complexity index is 694. The monoisotopic (exact) mass is 505 g/mol. The van der Waals surface area contributed by atoms with E-state index in [1.54, 1.807) is 7.11 Å². The van der Waals surface area contributed by atoms with Crippen LogP contribution in [0.1, 0.15) is 58.3 Å². The van der Waals surface area contributed by atoms with Crippen molar-refractivity contribution in [2.75, 3.05) is 46.4 Å². The Kier molecular flexibility index (Phi) is 10.1. The highest BCUT2D eigenvalue weighted by molar-refractivity contribution is 5.76. The van der Waals surface area contributed by atoms with Crippen molar-refractivity contribution in [3.8, 4) is 0 Å². The van der Waals surface area contributed by atoms with Gasteiger partial charge in [-0.1, -0.05) is 6.92 Å². The Hall–Kier alpha value is -1.59. The highest BCUT2D eigenvalue weighted by Gasteiger charge is 2.41. The molecule has 1 heterocycles. The van der Waals surface area contributed by atoms with Crippen molar-refractivity contribution in [1.82, 2.24) is 14.7 Å². The standard InChI is InChI=1S/C24H42F3N5O3/c1-3-30-11-13-31(14-12-30)23(33)32(19-5-4-6-20(15-19)34-2)16-17-7-9-18(10-8-17)21(28)35-22(29)24(25,26)27/h17-20,22,28H,3-16,29H2,1-2H3. The molecule has 1 saturated heterocycles. The van der Waals surface area contributed by atoms with Crippen molar-refractivity contribution < 1.29 is 27.4 Å². The highest BCUT2D eigenvalue weighted by atomic mass is 19.4. The second kappa shape index (κ2) is 12.6. The molecule has 0 radical (unpaired) electrons. The maximum atomic E-state index is 13.7. The summed E-state index contributed by atoms with van der Waals surface area (Å²) in [6.07, 6.45) is -0.544. The van der Waals surface area contributed by atoms with Gasteiger partial charge in [-0.2, -0.15) is 13.2 Å². The number of nitrogens with one attached hydrogen (secondary N) is 1. The number of nitrogens with two attached hydrogens (primary N) is 1. The molecule has 2 amide bonds. The number of piperazine rings is 1. The zero-order valence-electron chi connectivity index (χ0n) is 21.1. The minimum atomic E-state index is -4.69. The first-order valence-electron chi connectivity index (χ1n) is 13.0. The van der Waals surface area contributed by atoms with Gasteiger partial charge in [0.1, 0.15) is 0 Å². The SMILES string of the molecule is CCN1CCN(C(=O)N(CC2CCC(C(=N)OC(N)C(F)(F)F)CC2)C2CCCC(OC)C2)CC1. The number of amides is 2. The zero-order chi connectivity index (χ0) is 25.6. The molecule has 0 spiro atoms. The minimum Gasteiger partial charge on any atom is -0.453 e. The minimum absolute atomic E-state index is 0.0943. The van der Waals surface area contributed by atoms with Crippen molar-refractivity contribution in [2.24, 2.45) is 17.6 Å². The van der Waals surface area contributed by atoms with E-state index in [1.807, 2.05) is 4.90 Å². The van der Waals surface area contributed by atoms with Crippen LogP contribution in [0.5, 0.6) is 0 Å². The van der Waals surface area contributed by atoms with Crippen LogP contribution in [-0.4, -0.2) is 97.6 Å². The number of likely N-dealkylation sites (N-methyl/N-ethyl adjacent to an activating group) is 1. The van der Waals surface area contributed by atoms with Crippen LogP contribution in [0.2, 0.25) is 0 Å². The van der Waals surface area contributed by atoms with Gasteiger partial charge in [0.05, 0.1) is 6.10 Å². The molecular weight excluding hydrogens is 463 g/mol. The van der Waals surface area contributed by atoms with E-state index in [0.717, 1.165) is 71.2 Å². The Morgan fingerprint density at radius 2 is 1.77 bits per heavy atom. The average molecular weight is 506 g/mol. The van der Waals surface area contributed by atoms with Gasteiger partial charge in [-0.3, -0.25) is 11.1 Å². The van der Waals surface area contributed by atoms with E-state index in [-0.39, 0.29) is 35.9 Å². The summed E-state index contributed by atoms with van der Waals surface area (Å²) in [4.78, 5) is 20.0. The first kappa shape index (κ1) is 28.0. The predicted molar refractivity (Wildman–Crippen MR) is 127 cm³/mol. The fourth-order valence-electron chi connectivity index (χ4n) is 5.62. The first-order chi connectivity index (χ1) is 16.6. The summed E-state index contributed by atoms with van der Waals surface area (Å²) in [5, 5.41) is 7.95. The molecule has 2 saturated carbocycles. The molecule has 3 atom stereocenters. The van der Waals surface area contributed by atoms with Crippen LogP contribution in [0.4, 0.5) is 18.0 Å². The number of alkyl halides is 3. The molecule has 1 aliphatic heterocycles. The molecule has 3 aliphatic rings. The molecule has 3 fully saturated rings. The number of hydrogen-bond donors (Lipinski definition) is 2. The normalized spacial score (nSPS) is 29.5. The summed E-state index contributed by atoms with van der Waals surface area (Å²) < 4.78 is 48.3. The van der Waals surface area contributed by atoms with E-state index in [2.05, 4.69) is 21.5 Å². The van der Waals surface area contributed by atoms with Gasteiger partial charge in [-0.25, -0.2) is 4.79 Å². The number of hydrogen-bond acceptors (Lipinski definition) is 6. The summed E-state index contributed by atoms with van der Waals surface area (Å²) in [6, 6.07) is 0.228.